The fourth-order valence-corrected chi connectivity index (χ4v) is 3.35. The molecule has 4 heteroatoms. The maximum Gasteiger partial charge on any atom is 0.123 e. The molecule has 0 aliphatic heterocycles. The second-order valence-corrected chi connectivity index (χ2v) is 6.67. The van der Waals surface area contributed by atoms with Gasteiger partial charge in [-0.3, -0.25) is 0 Å². The number of aryl methyl sites for hydroxylation is 1. The quantitative estimate of drug-likeness (QED) is 0.629. The Morgan fingerprint density at radius 3 is 2.38 bits per heavy atom. The molecule has 3 nitrogen and oxygen atoms in total. The summed E-state index contributed by atoms with van der Waals surface area (Å²) in [6.45, 7) is 7.07. The number of nitrogens with zero attached hydrogens (tertiary/aromatic N) is 2. The molecule has 0 spiro atoms. The first kappa shape index (κ1) is 18.3. The van der Waals surface area contributed by atoms with Gasteiger partial charge in [0.25, 0.3) is 0 Å². The third-order valence-electron chi connectivity index (χ3n) is 4.82. The van der Waals surface area contributed by atoms with E-state index < -0.39 is 0 Å². The van der Waals surface area contributed by atoms with Crippen molar-refractivity contribution in [1.82, 2.24) is 15.1 Å². The van der Waals surface area contributed by atoms with Crippen LogP contribution >= 0.6 is 0 Å². The van der Waals surface area contributed by atoms with Crippen molar-refractivity contribution in [2.75, 3.05) is 0 Å². The molecule has 0 radical (unpaired) electrons. The van der Waals surface area contributed by atoms with Gasteiger partial charge in [-0.15, -0.1) is 0 Å². The van der Waals surface area contributed by atoms with Crippen molar-refractivity contribution in [3.63, 3.8) is 0 Å². The Hall–Kier alpha value is -2.46. The summed E-state index contributed by atoms with van der Waals surface area (Å²) in [5.74, 6) is -0.234. The van der Waals surface area contributed by atoms with E-state index in [2.05, 4.69) is 48.5 Å². The summed E-state index contributed by atoms with van der Waals surface area (Å²) in [5, 5.41) is 8.36. The highest BCUT2D eigenvalue weighted by atomic mass is 19.1. The monoisotopic (exact) mass is 351 g/mol. The second kappa shape index (κ2) is 8.28. The van der Waals surface area contributed by atoms with Crippen LogP contribution in [0.25, 0.3) is 5.69 Å². The molecule has 3 aromatic rings. The Labute approximate surface area is 154 Å². The third-order valence-corrected chi connectivity index (χ3v) is 4.82. The molecule has 1 atom stereocenters. The Morgan fingerprint density at radius 1 is 1.04 bits per heavy atom. The number of rotatable bonds is 7. The normalized spacial score (nSPS) is 12.3. The van der Waals surface area contributed by atoms with Gasteiger partial charge in [0.05, 0.1) is 11.4 Å². The SMILES string of the molecule is CCC[C@H](NCc1c(C)nn(-c2ccc(F)cc2)c1C)c1ccccc1. The van der Waals surface area contributed by atoms with E-state index in [4.69, 9.17) is 0 Å². The lowest BCUT2D eigenvalue weighted by Gasteiger charge is -2.19. The van der Waals surface area contributed by atoms with E-state index in [9.17, 15) is 4.39 Å². The maximum absolute atomic E-state index is 13.2. The van der Waals surface area contributed by atoms with Gasteiger partial charge in [0.2, 0.25) is 0 Å². The molecule has 1 N–H and O–H groups in total. The molecule has 0 unspecified atom stereocenters. The zero-order chi connectivity index (χ0) is 18.5. The van der Waals surface area contributed by atoms with Crippen LogP contribution in [0.3, 0.4) is 0 Å². The summed E-state index contributed by atoms with van der Waals surface area (Å²) in [4.78, 5) is 0. The maximum atomic E-state index is 13.2. The van der Waals surface area contributed by atoms with Gasteiger partial charge in [-0.25, -0.2) is 9.07 Å². The van der Waals surface area contributed by atoms with Crippen molar-refractivity contribution in [3.05, 3.63) is 82.9 Å². The molecule has 1 aromatic heterocycles. The predicted molar refractivity (Wildman–Crippen MR) is 104 cm³/mol. The van der Waals surface area contributed by atoms with Crippen molar-refractivity contribution >= 4 is 0 Å². The zero-order valence-corrected chi connectivity index (χ0v) is 15.7. The molecule has 0 amide bonds. The molecule has 0 fully saturated rings. The van der Waals surface area contributed by atoms with E-state index in [1.165, 1.54) is 23.3 Å². The van der Waals surface area contributed by atoms with Crippen LogP contribution in [0.2, 0.25) is 0 Å². The summed E-state index contributed by atoms with van der Waals surface area (Å²) < 4.78 is 15.1. The molecule has 0 saturated carbocycles. The van der Waals surface area contributed by atoms with E-state index in [-0.39, 0.29) is 5.82 Å². The number of halogens is 1. The fourth-order valence-electron chi connectivity index (χ4n) is 3.35. The van der Waals surface area contributed by atoms with E-state index in [1.807, 2.05) is 17.7 Å². The predicted octanol–water partition coefficient (Wildman–Crippen LogP) is 5.26. The molecule has 26 heavy (non-hydrogen) atoms. The Kier molecular flexibility index (Phi) is 5.84. The van der Waals surface area contributed by atoms with Crippen molar-refractivity contribution in [2.24, 2.45) is 0 Å². The number of hydrogen-bond donors (Lipinski definition) is 1. The lowest BCUT2D eigenvalue weighted by atomic mass is 10.0. The highest BCUT2D eigenvalue weighted by Crippen LogP contribution is 2.22. The highest BCUT2D eigenvalue weighted by molar-refractivity contribution is 5.37. The van der Waals surface area contributed by atoms with Gasteiger partial charge >= 0.3 is 0 Å². The standard InChI is InChI=1S/C22H26FN3/c1-4-8-22(18-9-6-5-7-10-18)24-15-21-16(2)25-26(17(21)3)20-13-11-19(23)12-14-20/h5-7,9-14,22,24H,4,8,15H2,1-3H3/t22-/m0/s1. The molecule has 0 saturated heterocycles. The minimum atomic E-state index is -0.234. The average Bonchev–Trinajstić information content (AvgIpc) is 2.94. The van der Waals surface area contributed by atoms with E-state index in [1.54, 1.807) is 12.1 Å². The van der Waals surface area contributed by atoms with Crippen LogP contribution in [0.4, 0.5) is 4.39 Å². The molecule has 0 aliphatic carbocycles. The topological polar surface area (TPSA) is 29.9 Å². The van der Waals surface area contributed by atoms with Gasteiger partial charge in [-0.05, 0) is 50.1 Å². The Bertz CT molecular complexity index is 838. The highest BCUT2D eigenvalue weighted by Gasteiger charge is 2.15. The zero-order valence-electron chi connectivity index (χ0n) is 15.7. The van der Waals surface area contributed by atoms with E-state index in [0.29, 0.717) is 6.04 Å². The first-order valence-corrected chi connectivity index (χ1v) is 9.19. The largest absolute Gasteiger partial charge is 0.306 e. The molecule has 3 rings (SSSR count). The van der Waals surface area contributed by atoms with Crippen molar-refractivity contribution < 1.29 is 4.39 Å². The van der Waals surface area contributed by atoms with Crippen LogP contribution in [0.5, 0.6) is 0 Å². The van der Waals surface area contributed by atoms with Crippen LogP contribution in [0.1, 0.15) is 48.3 Å². The summed E-state index contributed by atoms with van der Waals surface area (Å²) in [5.41, 5.74) is 5.49. The second-order valence-electron chi connectivity index (χ2n) is 6.67. The summed E-state index contributed by atoms with van der Waals surface area (Å²) >= 11 is 0. The Morgan fingerprint density at radius 2 is 1.73 bits per heavy atom. The lowest BCUT2D eigenvalue weighted by molar-refractivity contribution is 0.492. The van der Waals surface area contributed by atoms with Crippen LogP contribution in [-0.2, 0) is 6.54 Å². The molecule has 0 aliphatic rings. The summed E-state index contributed by atoms with van der Waals surface area (Å²) in [6.07, 6.45) is 2.22. The van der Waals surface area contributed by atoms with Crippen molar-refractivity contribution in [3.8, 4) is 5.69 Å². The van der Waals surface area contributed by atoms with Crippen LogP contribution in [0, 0.1) is 19.7 Å². The fraction of sp³-hybridized carbons (Fsp3) is 0.318. The molecule has 2 aromatic carbocycles. The van der Waals surface area contributed by atoms with Gasteiger partial charge in [-0.1, -0.05) is 43.7 Å². The summed E-state index contributed by atoms with van der Waals surface area (Å²) in [6, 6.07) is 17.4. The van der Waals surface area contributed by atoms with E-state index in [0.717, 1.165) is 36.5 Å². The van der Waals surface area contributed by atoms with Crippen molar-refractivity contribution in [1.29, 1.82) is 0 Å². The number of benzene rings is 2. The lowest BCUT2D eigenvalue weighted by Crippen LogP contribution is -2.21. The molecular weight excluding hydrogens is 325 g/mol. The van der Waals surface area contributed by atoms with Crippen molar-refractivity contribution in [2.45, 2.75) is 46.2 Å². The van der Waals surface area contributed by atoms with Crippen LogP contribution in [-0.4, -0.2) is 9.78 Å². The van der Waals surface area contributed by atoms with Gasteiger partial charge in [-0.2, -0.15) is 5.10 Å². The summed E-state index contributed by atoms with van der Waals surface area (Å²) in [7, 11) is 0. The molecule has 136 valence electrons. The van der Waals surface area contributed by atoms with Crippen LogP contribution < -0.4 is 5.32 Å². The first-order valence-electron chi connectivity index (χ1n) is 9.19. The Balaban J connectivity index is 1.80. The van der Waals surface area contributed by atoms with E-state index >= 15 is 0 Å². The third kappa shape index (κ3) is 4.02. The average molecular weight is 351 g/mol. The molecular formula is C22H26FN3. The molecule has 0 bridgehead atoms. The minimum Gasteiger partial charge on any atom is -0.306 e. The van der Waals surface area contributed by atoms with Gasteiger partial charge < -0.3 is 5.32 Å². The smallest absolute Gasteiger partial charge is 0.123 e. The number of aromatic nitrogens is 2. The molecule has 1 heterocycles. The first-order chi connectivity index (χ1) is 12.6. The van der Waals surface area contributed by atoms with Crippen LogP contribution in [0.15, 0.2) is 54.6 Å². The minimum absolute atomic E-state index is 0.234. The number of nitrogens with one attached hydrogen (secondary N) is 1. The van der Waals surface area contributed by atoms with Gasteiger partial charge in [0, 0.05) is 23.8 Å². The van der Waals surface area contributed by atoms with Gasteiger partial charge in [0.15, 0.2) is 0 Å². The number of hydrogen-bond acceptors (Lipinski definition) is 2. The van der Waals surface area contributed by atoms with Gasteiger partial charge in [0.1, 0.15) is 5.82 Å².